The number of likely N-dealkylation sites (N-methyl/N-ethyl adjacent to an activating group) is 1. The summed E-state index contributed by atoms with van der Waals surface area (Å²) in [6.07, 6.45) is 4.88. The fourth-order valence-electron chi connectivity index (χ4n) is 2.82. The van der Waals surface area contributed by atoms with Gasteiger partial charge in [-0.25, -0.2) is 0 Å². The zero-order valence-corrected chi connectivity index (χ0v) is 12.2. The van der Waals surface area contributed by atoms with Crippen LogP contribution in [0.15, 0.2) is 0 Å². The summed E-state index contributed by atoms with van der Waals surface area (Å²) in [4.78, 5) is 11.5. The van der Waals surface area contributed by atoms with Crippen LogP contribution in [-0.4, -0.2) is 48.9 Å². The second-order valence-corrected chi connectivity index (χ2v) is 6.09. The predicted octanol–water partition coefficient (Wildman–Crippen LogP) is 1.99. The molecule has 1 saturated carbocycles. The third-order valence-corrected chi connectivity index (χ3v) is 5.00. The lowest BCUT2D eigenvalue weighted by Crippen LogP contribution is -2.53. The lowest BCUT2D eigenvalue weighted by Gasteiger charge is -2.31. The molecule has 106 valence electrons. The molecule has 1 aliphatic rings. The molecule has 2 N–H and O–H groups in total. The minimum atomic E-state index is -0.683. The van der Waals surface area contributed by atoms with Gasteiger partial charge >= 0.3 is 5.97 Å². The van der Waals surface area contributed by atoms with Gasteiger partial charge in [-0.1, -0.05) is 6.42 Å². The van der Waals surface area contributed by atoms with Crippen LogP contribution in [-0.2, 0) is 9.53 Å². The molecule has 5 heteroatoms. The molecular weight excluding hydrogens is 250 g/mol. The Labute approximate surface area is 114 Å². The Hall–Kier alpha value is -0.260. The summed E-state index contributed by atoms with van der Waals surface area (Å²) >= 11 is 1.90. The summed E-state index contributed by atoms with van der Waals surface area (Å²) in [5.41, 5.74) is -0.674. The largest absolute Gasteiger partial charge is 0.480 e. The maximum Gasteiger partial charge on any atom is 0.324 e. The molecule has 1 aliphatic carbocycles. The van der Waals surface area contributed by atoms with Gasteiger partial charge < -0.3 is 15.2 Å². The third kappa shape index (κ3) is 3.87. The number of thioether (sulfide) groups is 1. The van der Waals surface area contributed by atoms with Gasteiger partial charge in [-0.3, -0.25) is 4.79 Å². The molecule has 0 aliphatic heterocycles. The first-order valence-electron chi connectivity index (χ1n) is 6.66. The number of nitrogens with one attached hydrogen (secondary N) is 1. The summed E-state index contributed by atoms with van der Waals surface area (Å²) in [6.45, 7) is 0.812. The number of carboxylic acid groups (broad SMARTS) is 1. The standard InChI is InChI=1S/C13H25NO3S/c1-14-13(12(15)16)7-3-5-11(13)6-10-18-9-4-8-17-2/h11,14H,3-10H2,1-2H3,(H,15,16). The molecule has 0 aromatic heterocycles. The average molecular weight is 275 g/mol. The van der Waals surface area contributed by atoms with Crippen molar-refractivity contribution in [1.29, 1.82) is 0 Å². The number of ether oxygens (including phenoxy) is 1. The molecule has 0 heterocycles. The summed E-state index contributed by atoms with van der Waals surface area (Å²) in [7, 11) is 3.50. The Morgan fingerprint density at radius 1 is 1.56 bits per heavy atom. The Bertz CT molecular complexity index is 263. The van der Waals surface area contributed by atoms with Crippen LogP contribution in [0.5, 0.6) is 0 Å². The summed E-state index contributed by atoms with van der Waals surface area (Å²) in [5.74, 6) is 1.73. The van der Waals surface area contributed by atoms with E-state index >= 15 is 0 Å². The SMILES string of the molecule is CNC1(C(=O)O)CCCC1CCSCCCOC. The average Bonchev–Trinajstić information content (AvgIpc) is 2.77. The van der Waals surface area contributed by atoms with E-state index in [9.17, 15) is 9.90 Å². The highest BCUT2D eigenvalue weighted by molar-refractivity contribution is 7.99. The quantitative estimate of drug-likeness (QED) is 0.630. The highest BCUT2D eigenvalue weighted by atomic mass is 32.2. The molecule has 0 radical (unpaired) electrons. The van der Waals surface area contributed by atoms with Gasteiger partial charge in [0.2, 0.25) is 0 Å². The number of aliphatic carboxylic acids is 1. The first-order valence-corrected chi connectivity index (χ1v) is 7.82. The minimum absolute atomic E-state index is 0.273. The van der Waals surface area contributed by atoms with Crippen LogP contribution in [0, 0.1) is 5.92 Å². The van der Waals surface area contributed by atoms with E-state index in [4.69, 9.17) is 4.74 Å². The summed E-state index contributed by atoms with van der Waals surface area (Å²) in [6, 6.07) is 0. The fourth-order valence-corrected chi connectivity index (χ4v) is 3.80. The van der Waals surface area contributed by atoms with Gasteiger partial charge in [0, 0.05) is 13.7 Å². The van der Waals surface area contributed by atoms with Crippen molar-refractivity contribution in [2.24, 2.45) is 5.92 Å². The second-order valence-electron chi connectivity index (χ2n) is 4.86. The van der Waals surface area contributed by atoms with Gasteiger partial charge in [-0.05, 0) is 50.2 Å². The molecule has 0 bridgehead atoms. The third-order valence-electron chi connectivity index (χ3n) is 3.90. The van der Waals surface area contributed by atoms with Gasteiger partial charge in [-0.2, -0.15) is 11.8 Å². The van der Waals surface area contributed by atoms with Gasteiger partial charge in [0.25, 0.3) is 0 Å². The monoisotopic (exact) mass is 275 g/mol. The van der Waals surface area contributed by atoms with Crippen LogP contribution in [0.25, 0.3) is 0 Å². The smallest absolute Gasteiger partial charge is 0.324 e. The number of carbonyl (C=O) groups is 1. The second kappa shape index (κ2) is 8.02. The van der Waals surface area contributed by atoms with E-state index in [-0.39, 0.29) is 5.92 Å². The van der Waals surface area contributed by atoms with E-state index < -0.39 is 11.5 Å². The first-order chi connectivity index (χ1) is 8.67. The Kier molecular flexibility index (Phi) is 7.04. The molecule has 0 saturated heterocycles. The Morgan fingerprint density at radius 2 is 2.33 bits per heavy atom. The van der Waals surface area contributed by atoms with Gasteiger partial charge in [0.1, 0.15) is 5.54 Å². The molecule has 0 spiro atoms. The van der Waals surface area contributed by atoms with E-state index in [2.05, 4.69) is 5.32 Å². The van der Waals surface area contributed by atoms with E-state index in [0.29, 0.717) is 0 Å². The van der Waals surface area contributed by atoms with E-state index in [1.165, 1.54) is 0 Å². The Balaban J connectivity index is 2.30. The van der Waals surface area contributed by atoms with Crippen LogP contribution in [0.3, 0.4) is 0 Å². The van der Waals surface area contributed by atoms with E-state index in [0.717, 1.165) is 50.2 Å². The number of hydrogen-bond acceptors (Lipinski definition) is 4. The van der Waals surface area contributed by atoms with Crippen molar-refractivity contribution in [3.63, 3.8) is 0 Å². The zero-order chi connectivity index (χ0) is 13.4. The maximum atomic E-state index is 11.5. The number of methoxy groups -OCH3 is 1. The van der Waals surface area contributed by atoms with E-state index in [1.807, 2.05) is 11.8 Å². The lowest BCUT2D eigenvalue weighted by atomic mass is 9.85. The summed E-state index contributed by atoms with van der Waals surface area (Å²) in [5, 5.41) is 12.5. The molecule has 1 fully saturated rings. The molecule has 2 unspecified atom stereocenters. The molecule has 2 atom stereocenters. The van der Waals surface area contributed by atoms with Crippen molar-refractivity contribution in [2.45, 2.75) is 37.6 Å². The number of hydrogen-bond donors (Lipinski definition) is 2. The number of rotatable bonds is 9. The predicted molar refractivity (Wildman–Crippen MR) is 75.2 cm³/mol. The van der Waals surface area contributed by atoms with Gasteiger partial charge in [0.05, 0.1) is 0 Å². The highest BCUT2D eigenvalue weighted by Crippen LogP contribution is 2.38. The maximum absolute atomic E-state index is 11.5. The van der Waals surface area contributed by atoms with Crippen LogP contribution >= 0.6 is 11.8 Å². The Morgan fingerprint density at radius 3 is 2.94 bits per heavy atom. The first kappa shape index (κ1) is 15.8. The number of carboxylic acids is 1. The van der Waals surface area contributed by atoms with Gasteiger partial charge in [-0.15, -0.1) is 0 Å². The van der Waals surface area contributed by atoms with Crippen molar-refractivity contribution < 1.29 is 14.6 Å². The minimum Gasteiger partial charge on any atom is -0.480 e. The van der Waals surface area contributed by atoms with Crippen LogP contribution in [0.4, 0.5) is 0 Å². The zero-order valence-electron chi connectivity index (χ0n) is 11.4. The van der Waals surface area contributed by atoms with Crippen molar-refractivity contribution in [3.8, 4) is 0 Å². The molecule has 18 heavy (non-hydrogen) atoms. The van der Waals surface area contributed by atoms with Gasteiger partial charge in [0.15, 0.2) is 0 Å². The molecule has 0 amide bonds. The molecular formula is C13H25NO3S. The van der Waals surface area contributed by atoms with Crippen LogP contribution in [0.2, 0.25) is 0 Å². The van der Waals surface area contributed by atoms with Crippen LogP contribution in [0.1, 0.15) is 32.1 Å². The fraction of sp³-hybridized carbons (Fsp3) is 0.923. The van der Waals surface area contributed by atoms with Crippen molar-refractivity contribution in [3.05, 3.63) is 0 Å². The summed E-state index contributed by atoms with van der Waals surface area (Å²) < 4.78 is 5.00. The highest BCUT2D eigenvalue weighted by Gasteiger charge is 2.47. The van der Waals surface area contributed by atoms with Crippen molar-refractivity contribution in [2.75, 3.05) is 32.3 Å². The normalized spacial score (nSPS) is 27.6. The lowest BCUT2D eigenvalue weighted by molar-refractivity contribution is -0.146. The van der Waals surface area contributed by atoms with Crippen LogP contribution < -0.4 is 5.32 Å². The van der Waals surface area contributed by atoms with E-state index in [1.54, 1.807) is 14.2 Å². The van der Waals surface area contributed by atoms with Crippen molar-refractivity contribution >= 4 is 17.7 Å². The molecule has 0 aromatic carbocycles. The topological polar surface area (TPSA) is 58.6 Å². The van der Waals surface area contributed by atoms with Crippen molar-refractivity contribution in [1.82, 2.24) is 5.32 Å². The molecule has 4 nitrogen and oxygen atoms in total. The molecule has 0 aromatic rings. The molecule has 1 rings (SSSR count).